The van der Waals surface area contributed by atoms with Crippen LogP contribution >= 0.6 is 17.2 Å². The lowest BCUT2D eigenvalue weighted by Gasteiger charge is -2.08. The molecular weight excluding hydrogens is 514 g/mol. The summed E-state index contributed by atoms with van der Waals surface area (Å²) in [5.74, 6) is 0. The first-order valence-electron chi connectivity index (χ1n) is 14.3. The Morgan fingerprint density at radius 3 is 1.49 bits per heavy atom. The standard InChI is InChI=1S/C21H18O2.C4H10.C3H10P2.3C2H6.CH4/c22-23-21(20-9-5-2-6-10-20)16-13-17-11-14-19(15-12-17)18-7-3-1-4-8-18;1-3-4-2;1-2-3-5-4;3*1-2;/h1-16,21-22H;3-4H2,1-2H3;5H,2-4H2,1H3;3*1-2H3;1H4/b16-13+;;;;;;. The Morgan fingerprint density at radius 2 is 1.13 bits per heavy atom. The molecule has 0 fully saturated rings. The Hall–Kier alpha value is -1.82. The van der Waals surface area contributed by atoms with Gasteiger partial charge in [-0.25, -0.2) is 4.89 Å². The van der Waals surface area contributed by atoms with Gasteiger partial charge in [-0.05, 0) is 34.5 Å². The molecule has 3 aromatic carbocycles. The average molecular weight is 575 g/mol. The first kappa shape index (κ1) is 44.2. The maximum Gasteiger partial charge on any atom is 0.136 e. The van der Waals surface area contributed by atoms with Crippen LogP contribution in [0.2, 0.25) is 0 Å². The fourth-order valence-electron chi connectivity index (χ4n) is 2.61. The summed E-state index contributed by atoms with van der Waals surface area (Å²) in [6.45, 7) is 18.6. The second-order valence-corrected chi connectivity index (χ2v) is 9.37. The fourth-order valence-corrected chi connectivity index (χ4v) is 3.76. The number of benzene rings is 3. The van der Waals surface area contributed by atoms with Crippen molar-refractivity contribution in [1.29, 1.82) is 0 Å². The highest BCUT2D eigenvalue weighted by atomic mass is 32.0. The topological polar surface area (TPSA) is 29.5 Å². The minimum absolute atomic E-state index is 0. The molecule has 3 unspecified atom stereocenters. The summed E-state index contributed by atoms with van der Waals surface area (Å²) in [6, 6.07) is 28.2. The molecule has 0 aliphatic rings. The van der Waals surface area contributed by atoms with Crippen molar-refractivity contribution in [3.05, 3.63) is 102 Å². The van der Waals surface area contributed by atoms with Crippen LogP contribution in [-0.4, -0.2) is 11.4 Å². The summed E-state index contributed by atoms with van der Waals surface area (Å²) < 4.78 is 0. The molecular formula is C35H60O2P2. The van der Waals surface area contributed by atoms with E-state index in [1.54, 1.807) is 0 Å². The summed E-state index contributed by atoms with van der Waals surface area (Å²) in [6.07, 6.45) is 8.67. The van der Waals surface area contributed by atoms with Crippen molar-refractivity contribution in [2.24, 2.45) is 0 Å². The molecule has 3 aromatic rings. The summed E-state index contributed by atoms with van der Waals surface area (Å²) in [5.41, 5.74) is 4.35. The average Bonchev–Trinajstić information content (AvgIpc) is 3.02. The second kappa shape index (κ2) is 36.2. The third-order valence-electron chi connectivity index (χ3n) is 4.62. The van der Waals surface area contributed by atoms with Gasteiger partial charge in [0, 0.05) is 0 Å². The third-order valence-corrected chi connectivity index (χ3v) is 6.27. The molecule has 0 heterocycles. The minimum Gasteiger partial charge on any atom is -0.251 e. The van der Waals surface area contributed by atoms with Crippen LogP contribution < -0.4 is 0 Å². The zero-order chi connectivity index (χ0) is 29.4. The highest BCUT2D eigenvalue weighted by Gasteiger charge is 2.06. The molecule has 1 N–H and O–H groups in total. The monoisotopic (exact) mass is 574 g/mol. The van der Waals surface area contributed by atoms with Gasteiger partial charge in [0.15, 0.2) is 0 Å². The maximum atomic E-state index is 9.10. The van der Waals surface area contributed by atoms with Gasteiger partial charge in [0.2, 0.25) is 0 Å². The first-order valence-corrected chi connectivity index (χ1v) is 17.3. The van der Waals surface area contributed by atoms with Crippen molar-refractivity contribution in [3.8, 4) is 11.1 Å². The number of hydrogen-bond acceptors (Lipinski definition) is 2. The van der Waals surface area contributed by atoms with E-state index in [2.05, 4.69) is 71.0 Å². The summed E-state index contributed by atoms with van der Waals surface area (Å²) >= 11 is 0. The number of unbranched alkanes of at least 4 members (excludes halogenated alkanes) is 1. The summed E-state index contributed by atoms with van der Waals surface area (Å²) in [4.78, 5) is 4.56. The van der Waals surface area contributed by atoms with Crippen molar-refractivity contribution in [3.63, 3.8) is 0 Å². The van der Waals surface area contributed by atoms with Crippen molar-refractivity contribution < 1.29 is 10.1 Å². The van der Waals surface area contributed by atoms with E-state index in [1.807, 2.05) is 102 Å². The normalized spacial score (nSPS) is 9.92. The molecule has 0 saturated heterocycles. The van der Waals surface area contributed by atoms with E-state index in [4.69, 9.17) is 5.26 Å². The van der Waals surface area contributed by atoms with Crippen LogP contribution in [0.15, 0.2) is 91.0 Å². The smallest absolute Gasteiger partial charge is 0.136 e. The molecule has 0 aromatic heterocycles. The molecule has 0 amide bonds. The molecule has 0 saturated carbocycles. The Balaban J connectivity index is -0.000000323. The molecule has 2 nitrogen and oxygen atoms in total. The first-order chi connectivity index (χ1) is 18.7. The fraction of sp³-hybridized carbons (Fsp3) is 0.429. The second-order valence-electron chi connectivity index (χ2n) is 7.24. The largest absolute Gasteiger partial charge is 0.251 e. The van der Waals surface area contributed by atoms with Crippen molar-refractivity contribution in [1.82, 2.24) is 0 Å². The van der Waals surface area contributed by atoms with Crippen molar-refractivity contribution in [2.75, 3.05) is 6.16 Å². The molecule has 39 heavy (non-hydrogen) atoms. The van der Waals surface area contributed by atoms with Gasteiger partial charge in [-0.15, -0.1) is 17.2 Å². The van der Waals surface area contributed by atoms with Crippen LogP contribution in [0.3, 0.4) is 0 Å². The van der Waals surface area contributed by atoms with Gasteiger partial charge >= 0.3 is 0 Å². The number of rotatable bonds is 8. The molecule has 0 aliphatic heterocycles. The van der Waals surface area contributed by atoms with Crippen LogP contribution in [0, 0.1) is 0 Å². The Morgan fingerprint density at radius 1 is 0.692 bits per heavy atom. The van der Waals surface area contributed by atoms with Crippen molar-refractivity contribution in [2.45, 2.75) is 95.1 Å². The molecule has 0 aliphatic carbocycles. The van der Waals surface area contributed by atoms with E-state index in [9.17, 15) is 0 Å². The molecule has 222 valence electrons. The summed E-state index contributed by atoms with van der Waals surface area (Å²) in [5, 5.41) is 9.10. The van der Waals surface area contributed by atoms with E-state index in [0.29, 0.717) is 0 Å². The van der Waals surface area contributed by atoms with E-state index >= 15 is 0 Å². The molecule has 0 radical (unpaired) electrons. The molecule has 3 atom stereocenters. The predicted molar refractivity (Wildman–Crippen MR) is 188 cm³/mol. The highest BCUT2D eigenvalue weighted by Crippen LogP contribution is 2.22. The molecule has 4 heteroatoms. The zero-order valence-corrected chi connectivity index (χ0v) is 27.7. The van der Waals surface area contributed by atoms with Crippen LogP contribution in [0.25, 0.3) is 17.2 Å². The van der Waals surface area contributed by atoms with Gasteiger partial charge in [-0.2, -0.15) is 0 Å². The predicted octanol–water partition coefficient (Wildman–Crippen LogP) is 13.0. The van der Waals surface area contributed by atoms with Crippen LogP contribution in [0.4, 0.5) is 0 Å². The van der Waals surface area contributed by atoms with Gasteiger partial charge in [0.25, 0.3) is 0 Å². The molecule has 0 bridgehead atoms. The van der Waals surface area contributed by atoms with Crippen LogP contribution in [0.1, 0.15) is 106 Å². The Labute approximate surface area is 247 Å². The van der Waals surface area contributed by atoms with Crippen LogP contribution in [0.5, 0.6) is 0 Å². The van der Waals surface area contributed by atoms with E-state index < -0.39 is 6.10 Å². The van der Waals surface area contributed by atoms with E-state index in [-0.39, 0.29) is 7.43 Å². The zero-order valence-electron chi connectivity index (χ0n) is 25.6. The van der Waals surface area contributed by atoms with E-state index in [0.717, 1.165) is 19.4 Å². The van der Waals surface area contributed by atoms with Gasteiger partial charge in [-0.3, -0.25) is 5.26 Å². The van der Waals surface area contributed by atoms with E-state index in [1.165, 1.54) is 36.6 Å². The lowest BCUT2D eigenvalue weighted by Crippen LogP contribution is -1.97. The SMILES string of the molecule is C.CC.CC.CC.CCCC.CCCPP.OOC(/C=C/c1ccc(-c2ccccc2)cc1)c1ccccc1. The minimum atomic E-state index is -0.468. The van der Waals surface area contributed by atoms with Crippen LogP contribution in [-0.2, 0) is 4.89 Å². The quantitative estimate of drug-likeness (QED) is 0.165. The van der Waals surface area contributed by atoms with Gasteiger partial charge in [-0.1, -0.05) is 180 Å². The van der Waals surface area contributed by atoms with Crippen molar-refractivity contribution >= 4 is 23.3 Å². The third kappa shape index (κ3) is 23.8. The Bertz CT molecular complexity index is 832. The molecule has 0 spiro atoms. The summed E-state index contributed by atoms with van der Waals surface area (Å²) in [7, 11) is 3.80. The lowest BCUT2D eigenvalue weighted by molar-refractivity contribution is -0.268. The lowest BCUT2D eigenvalue weighted by atomic mass is 10.0. The molecule has 3 rings (SSSR count). The maximum absolute atomic E-state index is 9.10. The van der Waals surface area contributed by atoms with Gasteiger partial charge in [0.05, 0.1) is 0 Å². The van der Waals surface area contributed by atoms with Gasteiger partial charge < -0.3 is 0 Å². The highest BCUT2D eigenvalue weighted by molar-refractivity contribution is 8.02. The van der Waals surface area contributed by atoms with Gasteiger partial charge in [0.1, 0.15) is 6.10 Å². The Kier molecular flexibility index (Phi) is 41.0. The number of hydrogen-bond donors (Lipinski definition) is 1.